The summed E-state index contributed by atoms with van der Waals surface area (Å²) in [5.74, 6) is -0.910. The monoisotopic (exact) mass is 250 g/mol. The first-order valence-electron chi connectivity index (χ1n) is 3.19. The Balaban J connectivity index is 4.66. The maximum Gasteiger partial charge on any atom is 0.268 e. The Kier molecular flexibility index (Phi) is 4.66. The summed E-state index contributed by atoms with van der Waals surface area (Å²) >= 11 is 3.69. The molecule has 9 heteroatoms. The van der Waals surface area contributed by atoms with Crippen molar-refractivity contribution in [1.29, 1.82) is 0 Å². The van der Waals surface area contributed by atoms with Gasteiger partial charge in [-0.1, -0.05) is 0 Å². The summed E-state index contributed by atoms with van der Waals surface area (Å²) < 4.78 is 58.6. The van der Waals surface area contributed by atoms with E-state index >= 15 is 0 Å². The van der Waals surface area contributed by atoms with Gasteiger partial charge < -0.3 is 0 Å². The fourth-order valence-electron chi connectivity index (χ4n) is 0.697. The van der Waals surface area contributed by atoms with Crippen LogP contribution in [-0.4, -0.2) is 42.7 Å². The van der Waals surface area contributed by atoms with Crippen LogP contribution >= 0.6 is 12.6 Å². The molecular weight excluding hydrogens is 240 g/mol. The molecule has 13 heavy (non-hydrogen) atoms. The van der Waals surface area contributed by atoms with Gasteiger partial charge in [0, 0.05) is 0 Å². The van der Waals surface area contributed by atoms with Crippen molar-refractivity contribution in [2.75, 3.05) is 11.5 Å². The third-order valence-electron chi connectivity index (χ3n) is 1.27. The fourth-order valence-corrected chi connectivity index (χ4v) is 3.44. The summed E-state index contributed by atoms with van der Waals surface area (Å²) in [7, 11) is -8.85. The van der Waals surface area contributed by atoms with E-state index in [1.165, 1.54) is 0 Å². The van der Waals surface area contributed by atoms with Gasteiger partial charge >= 0.3 is 0 Å². The van der Waals surface area contributed by atoms with Crippen LogP contribution in [0.15, 0.2) is 0 Å². The van der Waals surface area contributed by atoms with E-state index in [2.05, 4.69) is 12.6 Å². The Bertz CT molecular complexity index is 340. The molecule has 1 atom stereocenters. The first-order chi connectivity index (χ1) is 5.67. The zero-order valence-electron chi connectivity index (χ0n) is 6.49. The van der Waals surface area contributed by atoms with E-state index in [1.807, 2.05) is 0 Å². The van der Waals surface area contributed by atoms with Crippen LogP contribution in [0.25, 0.3) is 0 Å². The van der Waals surface area contributed by atoms with Crippen LogP contribution in [0, 0.1) is 0 Å². The minimum Gasteiger partial charge on any atom is -0.286 e. The fraction of sp³-hybridized carbons (Fsp3) is 1.00. The van der Waals surface area contributed by atoms with Crippen LogP contribution in [-0.2, 0) is 20.2 Å². The molecule has 0 aromatic rings. The van der Waals surface area contributed by atoms with Gasteiger partial charge in [0.25, 0.3) is 20.2 Å². The van der Waals surface area contributed by atoms with Crippen LogP contribution in [0.1, 0.15) is 6.42 Å². The maximum absolute atomic E-state index is 10.5. The highest BCUT2D eigenvalue weighted by atomic mass is 32.2. The van der Waals surface area contributed by atoms with Crippen molar-refractivity contribution in [2.45, 2.75) is 11.7 Å². The zero-order chi connectivity index (χ0) is 10.7. The molecule has 0 aromatic heterocycles. The van der Waals surface area contributed by atoms with E-state index in [-0.39, 0.29) is 12.2 Å². The average molecular weight is 250 g/mol. The van der Waals surface area contributed by atoms with Gasteiger partial charge in [-0.3, -0.25) is 9.11 Å². The molecule has 0 aliphatic carbocycles. The third-order valence-corrected chi connectivity index (χ3v) is 3.81. The van der Waals surface area contributed by atoms with Crippen LogP contribution in [0.4, 0.5) is 0 Å². The van der Waals surface area contributed by atoms with Gasteiger partial charge in [-0.05, 0) is 12.2 Å². The van der Waals surface area contributed by atoms with Gasteiger partial charge in [0.2, 0.25) is 0 Å². The first kappa shape index (κ1) is 13.2. The first-order valence-corrected chi connectivity index (χ1v) is 6.93. The molecule has 80 valence electrons. The second kappa shape index (κ2) is 4.60. The van der Waals surface area contributed by atoms with Crippen molar-refractivity contribution in [3.05, 3.63) is 0 Å². The molecule has 0 bridgehead atoms. The summed E-state index contributed by atoms with van der Waals surface area (Å²) in [6.45, 7) is 0. The summed E-state index contributed by atoms with van der Waals surface area (Å²) in [5, 5.41) is -1.51. The summed E-state index contributed by atoms with van der Waals surface area (Å²) in [6.07, 6.45) is -0.137. The number of hydrogen-bond donors (Lipinski definition) is 3. The van der Waals surface area contributed by atoms with Crippen LogP contribution in [0.2, 0.25) is 0 Å². The van der Waals surface area contributed by atoms with Crippen molar-refractivity contribution >= 4 is 32.9 Å². The third kappa shape index (κ3) is 6.27. The molecule has 0 amide bonds. The zero-order valence-corrected chi connectivity index (χ0v) is 9.02. The quantitative estimate of drug-likeness (QED) is 0.446. The Morgan fingerprint density at radius 1 is 1.15 bits per heavy atom. The van der Waals surface area contributed by atoms with E-state index in [4.69, 9.17) is 9.11 Å². The molecule has 2 N–H and O–H groups in total. The van der Waals surface area contributed by atoms with Gasteiger partial charge in [0.1, 0.15) is 5.25 Å². The van der Waals surface area contributed by atoms with Crippen molar-refractivity contribution in [3.63, 3.8) is 0 Å². The minimum absolute atomic E-state index is 0.0972. The molecule has 0 heterocycles. The smallest absolute Gasteiger partial charge is 0.268 e. The molecule has 0 aliphatic heterocycles. The van der Waals surface area contributed by atoms with Gasteiger partial charge in [-0.15, -0.1) is 0 Å². The lowest BCUT2D eigenvalue weighted by Crippen LogP contribution is -2.29. The highest BCUT2D eigenvalue weighted by Crippen LogP contribution is 2.08. The number of hydrogen-bond acceptors (Lipinski definition) is 5. The second-order valence-electron chi connectivity index (χ2n) is 2.40. The summed E-state index contributed by atoms with van der Waals surface area (Å²) in [6, 6.07) is 0. The highest BCUT2D eigenvalue weighted by molar-refractivity contribution is 7.90. The van der Waals surface area contributed by atoms with Gasteiger partial charge in [0.15, 0.2) is 0 Å². The summed E-state index contributed by atoms with van der Waals surface area (Å²) in [5.41, 5.74) is 0. The van der Waals surface area contributed by atoms with E-state index < -0.39 is 31.2 Å². The molecule has 0 rings (SSSR count). The number of thiol groups is 1. The van der Waals surface area contributed by atoms with Gasteiger partial charge in [-0.25, -0.2) is 0 Å². The molecule has 0 aromatic carbocycles. The normalized spacial score (nSPS) is 15.6. The van der Waals surface area contributed by atoms with Crippen LogP contribution in [0.3, 0.4) is 0 Å². The van der Waals surface area contributed by atoms with E-state index in [9.17, 15) is 16.8 Å². The molecule has 0 spiro atoms. The number of rotatable bonds is 5. The highest BCUT2D eigenvalue weighted by Gasteiger charge is 2.27. The van der Waals surface area contributed by atoms with Gasteiger partial charge in [0.05, 0.1) is 5.75 Å². The molecule has 0 saturated carbocycles. The Morgan fingerprint density at radius 3 is 1.85 bits per heavy atom. The molecular formula is C4H10O6S3. The summed E-state index contributed by atoms with van der Waals surface area (Å²) in [4.78, 5) is 0. The van der Waals surface area contributed by atoms with Crippen LogP contribution in [0.5, 0.6) is 0 Å². The van der Waals surface area contributed by atoms with E-state index in [0.717, 1.165) is 0 Å². The molecule has 0 aliphatic rings. The molecule has 6 nitrogen and oxygen atoms in total. The minimum atomic E-state index is -4.45. The van der Waals surface area contributed by atoms with E-state index in [1.54, 1.807) is 0 Å². The molecule has 0 radical (unpaired) electrons. The van der Waals surface area contributed by atoms with Crippen LogP contribution < -0.4 is 0 Å². The maximum atomic E-state index is 10.5. The van der Waals surface area contributed by atoms with Crippen molar-refractivity contribution in [1.82, 2.24) is 0 Å². The van der Waals surface area contributed by atoms with Crippen molar-refractivity contribution in [2.24, 2.45) is 0 Å². The lowest BCUT2D eigenvalue weighted by Gasteiger charge is -2.09. The lowest BCUT2D eigenvalue weighted by molar-refractivity contribution is 0.456. The van der Waals surface area contributed by atoms with E-state index in [0.29, 0.717) is 0 Å². The second-order valence-corrected chi connectivity index (χ2v) is 6.04. The Morgan fingerprint density at radius 2 is 1.62 bits per heavy atom. The topological polar surface area (TPSA) is 109 Å². The van der Waals surface area contributed by atoms with Crippen molar-refractivity contribution in [3.8, 4) is 0 Å². The predicted octanol–water partition coefficient (Wildman–Crippen LogP) is -0.549. The molecule has 0 fully saturated rings. The SMILES string of the molecule is O=S(=O)(O)CC(CCS)S(=O)(=O)O. The Hall–Kier alpha value is 0.170. The molecule has 1 unspecified atom stereocenters. The van der Waals surface area contributed by atoms with Crippen molar-refractivity contribution < 1.29 is 25.9 Å². The largest absolute Gasteiger partial charge is 0.286 e. The standard InChI is InChI=1S/C4H10O6S3/c5-12(6,7)3-4(1-2-11)13(8,9)10/h4,11H,1-3H2,(H,5,6,7)(H,8,9,10). The average Bonchev–Trinajstić information content (AvgIpc) is 1.81. The predicted molar refractivity (Wildman–Crippen MR) is 50.2 cm³/mol. The Labute approximate surface area is 82.2 Å². The molecule has 0 saturated heterocycles. The lowest BCUT2D eigenvalue weighted by atomic mass is 10.4. The van der Waals surface area contributed by atoms with Gasteiger partial charge in [-0.2, -0.15) is 29.5 Å².